The van der Waals surface area contributed by atoms with Crippen LogP contribution in [0.1, 0.15) is 13.8 Å². The third-order valence-electron chi connectivity index (χ3n) is 3.24. The van der Waals surface area contributed by atoms with Crippen LogP contribution >= 0.6 is 24.4 Å². The lowest BCUT2D eigenvalue weighted by molar-refractivity contribution is 0.549. The first-order valence-corrected chi connectivity index (χ1v) is 5.95. The Morgan fingerprint density at radius 3 is 1.33 bits per heavy atom. The lowest BCUT2D eigenvalue weighted by Gasteiger charge is -2.16. The maximum absolute atomic E-state index is 5.44. The van der Waals surface area contributed by atoms with Crippen LogP contribution < -0.4 is 0 Å². The van der Waals surface area contributed by atoms with E-state index in [4.69, 9.17) is 24.4 Å². The summed E-state index contributed by atoms with van der Waals surface area (Å²) in [6.07, 6.45) is 0. The molecule has 0 N–H and O–H groups in total. The molecule has 1 aliphatic rings. The first-order chi connectivity index (χ1) is 6.71. The van der Waals surface area contributed by atoms with Crippen molar-refractivity contribution < 1.29 is 0 Å². The van der Waals surface area contributed by atoms with Gasteiger partial charge in [0.2, 0.25) is 0 Å². The molecule has 1 fully saturated rings. The Balaban J connectivity index is 2.80. The molecule has 15 heavy (non-hydrogen) atoms. The maximum atomic E-state index is 5.44. The van der Waals surface area contributed by atoms with Crippen molar-refractivity contribution in [1.82, 2.24) is 9.80 Å². The maximum Gasteiger partial charge on any atom is 0.0818 e. The summed E-state index contributed by atoms with van der Waals surface area (Å²) < 4.78 is 0. The summed E-state index contributed by atoms with van der Waals surface area (Å²) in [5.74, 6) is 0.856. The third kappa shape index (κ3) is 2.16. The zero-order valence-corrected chi connectivity index (χ0v) is 12.0. The minimum atomic E-state index is 0.225. The fourth-order valence-electron chi connectivity index (χ4n) is 2.12. The van der Waals surface area contributed by atoms with E-state index in [-0.39, 0.29) is 5.41 Å². The minimum absolute atomic E-state index is 0.225. The van der Waals surface area contributed by atoms with Gasteiger partial charge in [-0.15, -0.1) is 0 Å². The molecule has 0 radical (unpaired) electrons. The molecular weight excluding hydrogens is 224 g/mol. The highest BCUT2D eigenvalue weighted by Crippen LogP contribution is 2.60. The smallest absolute Gasteiger partial charge is 0.0818 e. The molecule has 0 aromatic carbocycles. The number of hydrogen-bond acceptors (Lipinski definition) is 2. The van der Waals surface area contributed by atoms with Crippen molar-refractivity contribution in [2.24, 2.45) is 17.3 Å². The number of rotatable bonds is 2. The quantitative estimate of drug-likeness (QED) is 0.686. The van der Waals surface area contributed by atoms with Gasteiger partial charge in [0.1, 0.15) is 0 Å². The molecule has 4 heteroatoms. The van der Waals surface area contributed by atoms with Gasteiger partial charge in [-0.3, -0.25) is 0 Å². The first kappa shape index (κ1) is 12.8. The topological polar surface area (TPSA) is 6.48 Å². The SMILES string of the molecule is CN(C)C(=S)[C@@H]1[C@@H](C(=S)N(C)C)C1(C)C. The van der Waals surface area contributed by atoms with Gasteiger partial charge < -0.3 is 9.80 Å². The summed E-state index contributed by atoms with van der Waals surface area (Å²) in [5, 5.41) is 0. The van der Waals surface area contributed by atoms with Gasteiger partial charge in [-0.2, -0.15) is 0 Å². The molecule has 86 valence electrons. The van der Waals surface area contributed by atoms with Crippen LogP contribution in [0.15, 0.2) is 0 Å². The number of nitrogens with zero attached hydrogens (tertiary/aromatic N) is 2. The van der Waals surface area contributed by atoms with Crippen molar-refractivity contribution >= 4 is 34.4 Å². The predicted molar refractivity (Wildman–Crippen MR) is 73.3 cm³/mol. The molecule has 0 aliphatic heterocycles. The fraction of sp³-hybridized carbons (Fsp3) is 0.818. The van der Waals surface area contributed by atoms with E-state index in [1.54, 1.807) is 0 Å². The number of hydrogen-bond donors (Lipinski definition) is 0. The molecule has 1 rings (SSSR count). The van der Waals surface area contributed by atoms with Gasteiger partial charge in [-0.25, -0.2) is 0 Å². The van der Waals surface area contributed by atoms with Gasteiger partial charge in [0.15, 0.2) is 0 Å². The van der Waals surface area contributed by atoms with Crippen molar-refractivity contribution in [3.63, 3.8) is 0 Å². The van der Waals surface area contributed by atoms with Gasteiger partial charge in [0.25, 0.3) is 0 Å². The highest BCUT2D eigenvalue weighted by atomic mass is 32.1. The van der Waals surface area contributed by atoms with E-state index in [1.807, 2.05) is 38.0 Å². The Kier molecular flexibility index (Phi) is 3.41. The summed E-state index contributed by atoms with van der Waals surface area (Å²) in [5.41, 5.74) is 0.225. The Morgan fingerprint density at radius 2 is 1.13 bits per heavy atom. The van der Waals surface area contributed by atoms with Crippen molar-refractivity contribution in [2.75, 3.05) is 28.2 Å². The zero-order valence-electron chi connectivity index (χ0n) is 10.4. The molecule has 2 atom stereocenters. The third-order valence-corrected chi connectivity index (χ3v) is 4.48. The standard InChI is InChI=1S/C11H20N2S2/c1-11(2)7(9(14)12(3)4)8(11)10(15)13(5)6/h7-8H,1-6H3/t7-,8-/m0/s1. The molecule has 0 aromatic rings. The summed E-state index contributed by atoms with van der Waals surface area (Å²) in [6, 6.07) is 0. The Morgan fingerprint density at radius 1 is 0.867 bits per heavy atom. The van der Waals surface area contributed by atoms with Crippen LogP contribution in [-0.4, -0.2) is 48.0 Å². The van der Waals surface area contributed by atoms with Crippen LogP contribution in [0.4, 0.5) is 0 Å². The summed E-state index contributed by atoms with van der Waals surface area (Å²) in [4.78, 5) is 6.10. The molecule has 0 bridgehead atoms. The lowest BCUT2D eigenvalue weighted by Crippen LogP contribution is -2.26. The van der Waals surface area contributed by atoms with E-state index in [0.717, 1.165) is 9.98 Å². The molecular formula is C11H20N2S2. The average molecular weight is 244 g/mol. The van der Waals surface area contributed by atoms with Crippen molar-refractivity contribution in [3.8, 4) is 0 Å². The Labute approximate surface area is 104 Å². The van der Waals surface area contributed by atoms with E-state index in [1.165, 1.54) is 0 Å². The van der Waals surface area contributed by atoms with Gasteiger partial charge in [-0.1, -0.05) is 38.3 Å². The lowest BCUT2D eigenvalue weighted by atomic mass is 10.1. The van der Waals surface area contributed by atoms with Crippen molar-refractivity contribution in [3.05, 3.63) is 0 Å². The van der Waals surface area contributed by atoms with Crippen molar-refractivity contribution in [2.45, 2.75) is 13.8 Å². The molecule has 2 nitrogen and oxygen atoms in total. The first-order valence-electron chi connectivity index (χ1n) is 5.13. The average Bonchev–Trinajstić information content (AvgIpc) is 2.65. The van der Waals surface area contributed by atoms with E-state index < -0.39 is 0 Å². The van der Waals surface area contributed by atoms with Crippen molar-refractivity contribution in [1.29, 1.82) is 0 Å². The highest BCUT2D eigenvalue weighted by Gasteiger charge is 2.62. The summed E-state index contributed by atoms with van der Waals surface area (Å²) in [6.45, 7) is 4.49. The second kappa shape index (κ2) is 3.98. The monoisotopic (exact) mass is 244 g/mol. The minimum Gasteiger partial charge on any atom is -0.372 e. The van der Waals surface area contributed by atoms with Crippen LogP contribution in [-0.2, 0) is 0 Å². The van der Waals surface area contributed by atoms with Gasteiger partial charge >= 0.3 is 0 Å². The van der Waals surface area contributed by atoms with Crippen LogP contribution in [0.25, 0.3) is 0 Å². The van der Waals surface area contributed by atoms with Gasteiger partial charge in [0.05, 0.1) is 9.98 Å². The number of thiocarbonyl (C=S) groups is 2. The normalized spacial score (nSPS) is 27.1. The Hall–Kier alpha value is -0.220. The van der Waals surface area contributed by atoms with E-state index >= 15 is 0 Å². The second-order valence-electron chi connectivity index (χ2n) is 5.24. The van der Waals surface area contributed by atoms with Crippen LogP contribution in [0, 0.1) is 17.3 Å². The molecule has 0 heterocycles. The van der Waals surface area contributed by atoms with E-state index in [9.17, 15) is 0 Å². The van der Waals surface area contributed by atoms with Crippen LogP contribution in [0.5, 0.6) is 0 Å². The molecule has 0 aromatic heterocycles. The van der Waals surface area contributed by atoms with Gasteiger partial charge in [0, 0.05) is 40.0 Å². The van der Waals surface area contributed by atoms with E-state index in [0.29, 0.717) is 11.8 Å². The fourth-order valence-corrected chi connectivity index (χ4v) is 3.00. The molecule has 0 unspecified atom stereocenters. The predicted octanol–water partition coefficient (Wildman–Crippen LogP) is 2.04. The Bertz CT molecular complexity index is 267. The molecule has 1 saturated carbocycles. The van der Waals surface area contributed by atoms with Crippen LogP contribution in [0.3, 0.4) is 0 Å². The molecule has 1 aliphatic carbocycles. The van der Waals surface area contributed by atoms with Gasteiger partial charge in [-0.05, 0) is 5.41 Å². The molecule has 0 spiro atoms. The second-order valence-corrected chi connectivity index (χ2v) is 6.08. The highest BCUT2D eigenvalue weighted by molar-refractivity contribution is 7.80. The van der Waals surface area contributed by atoms with Crippen LogP contribution in [0.2, 0.25) is 0 Å². The summed E-state index contributed by atoms with van der Waals surface area (Å²) in [7, 11) is 8.03. The summed E-state index contributed by atoms with van der Waals surface area (Å²) >= 11 is 10.9. The molecule has 0 amide bonds. The van der Waals surface area contributed by atoms with E-state index in [2.05, 4.69) is 13.8 Å². The molecule has 0 saturated heterocycles. The zero-order chi connectivity index (χ0) is 12.0. The largest absolute Gasteiger partial charge is 0.372 e.